The van der Waals surface area contributed by atoms with Crippen LogP contribution in [-0.4, -0.2) is 39.1 Å². The fourth-order valence-electron chi connectivity index (χ4n) is 2.38. The van der Waals surface area contributed by atoms with Gasteiger partial charge >= 0.3 is 0 Å². The van der Waals surface area contributed by atoms with Gasteiger partial charge in [0, 0.05) is 17.7 Å². The van der Waals surface area contributed by atoms with E-state index >= 15 is 0 Å². The van der Waals surface area contributed by atoms with Crippen molar-refractivity contribution < 1.29 is 14.3 Å². The number of carbonyl (C=O) groups is 2. The molecule has 0 aliphatic rings. The van der Waals surface area contributed by atoms with Crippen LogP contribution in [0.3, 0.4) is 0 Å². The molecule has 3 aromatic rings. The molecular formula is C18H18N6O3. The number of primary amides is 1. The van der Waals surface area contributed by atoms with Crippen molar-refractivity contribution in [2.24, 2.45) is 5.73 Å². The van der Waals surface area contributed by atoms with Crippen molar-refractivity contribution in [3.8, 4) is 17.1 Å². The number of nitrogens with two attached hydrogens (primary N) is 1. The van der Waals surface area contributed by atoms with Crippen molar-refractivity contribution in [1.82, 2.24) is 25.5 Å². The van der Waals surface area contributed by atoms with Crippen LogP contribution in [0.15, 0.2) is 48.5 Å². The maximum absolute atomic E-state index is 12.1. The van der Waals surface area contributed by atoms with Crippen molar-refractivity contribution in [3.05, 3.63) is 59.7 Å². The third kappa shape index (κ3) is 4.66. The smallest absolute Gasteiger partial charge is 0.248 e. The molecule has 1 aromatic heterocycles. The molecule has 1 heterocycles. The van der Waals surface area contributed by atoms with Crippen LogP contribution < -0.4 is 15.8 Å². The summed E-state index contributed by atoms with van der Waals surface area (Å²) in [6.07, 6.45) is 0. The van der Waals surface area contributed by atoms with Crippen LogP contribution >= 0.6 is 0 Å². The number of carbonyl (C=O) groups excluding carboxylic acids is 2. The van der Waals surface area contributed by atoms with Crippen LogP contribution in [0, 0.1) is 0 Å². The summed E-state index contributed by atoms with van der Waals surface area (Å²) in [7, 11) is 1.59. The summed E-state index contributed by atoms with van der Waals surface area (Å²) in [5.74, 6) is 0.329. The average Bonchev–Trinajstić information content (AvgIpc) is 3.15. The number of nitrogens with zero attached hydrogens (tertiary/aromatic N) is 4. The first-order chi connectivity index (χ1) is 13.0. The van der Waals surface area contributed by atoms with Gasteiger partial charge in [-0.3, -0.25) is 9.59 Å². The van der Waals surface area contributed by atoms with Crippen LogP contribution in [0.5, 0.6) is 5.75 Å². The monoisotopic (exact) mass is 366 g/mol. The molecule has 3 rings (SSSR count). The van der Waals surface area contributed by atoms with E-state index in [9.17, 15) is 9.59 Å². The van der Waals surface area contributed by atoms with Gasteiger partial charge < -0.3 is 15.8 Å². The number of aromatic nitrogens is 4. The molecule has 2 amide bonds. The molecule has 27 heavy (non-hydrogen) atoms. The molecule has 2 aromatic carbocycles. The molecule has 0 aliphatic carbocycles. The summed E-state index contributed by atoms with van der Waals surface area (Å²) in [6.45, 7) is 0.308. The third-order valence-corrected chi connectivity index (χ3v) is 3.79. The second-order valence-electron chi connectivity index (χ2n) is 5.71. The number of hydrogen-bond donors (Lipinski definition) is 2. The van der Waals surface area contributed by atoms with Crippen LogP contribution in [-0.2, 0) is 17.9 Å². The topological polar surface area (TPSA) is 125 Å². The minimum absolute atomic E-state index is 0.0592. The molecule has 0 atom stereocenters. The predicted octanol–water partition coefficient (Wildman–Crippen LogP) is 0.764. The van der Waals surface area contributed by atoms with Crippen molar-refractivity contribution in [3.63, 3.8) is 0 Å². The number of amides is 2. The third-order valence-electron chi connectivity index (χ3n) is 3.79. The van der Waals surface area contributed by atoms with E-state index in [1.807, 2.05) is 24.3 Å². The van der Waals surface area contributed by atoms with Gasteiger partial charge in [0.25, 0.3) is 0 Å². The summed E-state index contributed by atoms with van der Waals surface area (Å²) < 4.78 is 5.15. The summed E-state index contributed by atoms with van der Waals surface area (Å²) in [5, 5.41) is 14.8. The van der Waals surface area contributed by atoms with Crippen molar-refractivity contribution in [2.45, 2.75) is 13.1 Å². The van der Waals surface area contributed by atoms with Gasteiger partial charge in [0.2, 0.25) is 17.6 Å². The summed E-state index contributed by atoms with van der Waals surface area (Å²) in [4.78, 5) is 24.4. The van der Waals surface area contributed by atoms with E-state index in [2.05, 4.69) is 20.7 Å². The second-order valence-corrected chi connectivity index (χ2v) is 5.71. The average molecular weight is 366 g/mol. The van der Waals surface area contributed by atoms with E-state index in [1.165, 1.54) is 4.80 Å². The van der Waals surface area contributed by atoms with Crippen LogP contribution in [0.2, 0.25) is 0 Å². The van der Waals surface area contributed by atoms with Gasteiger partial charge in [-0.05, 0) is 35.0 Å². The van der Waals surface area contributed by atoms with Crippen LogP contribution in [0.1, 0.15) is 15.9 Å². The Morgan fingerprint density at radius 3 is 2.67 bits per heavy atom. The summed E-state index contributed by atoms with van der Waals surface area (Å²) in [5.41, 5.74) is 7.19. The number of methoxy groups -OCH3 is 1. The Labute approximate surface area is 155 Å². The van der Waals surface area contributed by atoms with Gasteiger partial charge in [0.1, 0.15) is 12.3 Å². The first-order valence-corrected chi connectivity index (χ1v) is 8.13. The minimum atomic E-state index is -0.508. The Kier molecular flexibility index (Phi) is 5.41. The van der Waals surface area contributed by atoms with E-state index in [0.29, 0.717) is 23.5 Å². The number of hydrogen-bond acceptors (Lipinski definition) is 6. The second kappa shape index (κ2) is 8.09. The zero-order valence-electron chi connectivity index (χ0n) is 14.6. The van der Waals surface area contributed by atoms with Gasteiger partial charge in [-0.25, -0.2) is 0 Å². The lowest BCUT2D eigenvalue weighted by Crippen LogP contribution is -2.28. The molecule has 138 valence electrons. The van der Waals surface area contributed by atoms with Gasteiger partial charge in [-0.15, -0.1) is 10.2 Å². The Bertz CT molecular complexity index is 952. The zero-order valence-corrected chi connectivity index (χ0v) is 14.6. The van der Waals surface area contributed by atoms with Gasteiger partial charge in [-0.2, -0.15) is 4.80 Å². The lowest BCUT2D eigenvalue weighted by Gasteiger charge is -2.06. The molecule has 0 spiro atoms. The standard InChI is InChI=1S/C18H18N6O3/c1-27-15-4-2-3-12(9-15)10-20-16(25)11-24-22-18(21-23-24)14-7-5-13(6-8-14)17(19)26/h2-9H,10-11H2,1H3,(H2,19,26)(H,20,25). The van der Waals surface area contributed by atoms with Gasteiger partial charge in [0.15, 0.2) is 0 Å². The fourth-order valence-corrected chi connectivity index (χ4v) is 2.38. The quantitative estimate of drug-likeness (QED) is 0.636. The molecule has 0 saturated heterocycles. The number of ether oxygens (including phenoxy) is 1. The molecule has 3 N–H and O–H groups in total. The molecular weight excluding hydrogens is 348 g/mol. The summed E-state index contributed by atoms with van der Waals surface area (Å²) in [6, 6.07) is 13.9. The normalized spacial score (nSPS) is 10.4. The lowest BCUT2D eigenvalue weighted by molar-refractivity contribution is -0.122. The highest BCUT2D eigenvalue weighted by Gasteiger charge is 2.10. The first kappa shape index (κ1) is 18.1. The highest BCUT2D eigenvalue weighted by Crippen LogP contribution is 2.14. The van der Waals surface area contributed by atoms with E-state index in [0.717, 1.165) is 11.3 Å². The largest absolute Gasteiger partial charge is 0.497 e. The SMILES string of the molecule is COc1cccc(CNC(=O)Cn2nnc(-c3ccc(C(N)=O)cc3)n2)c1. The van der Waals surface area contributed by atoms with E-state index in [-0.39, 0.29) is 12.5 Å². The Hall–Kier alpha value is -3.75. The fraction of sp³-hybridized carbons (Fsp3) is 0.167. The number of benzene rings is 2. The van der Waals surface area contributed by atoms with Crippen LogP contribution in [0.4, 0.5) is 0 Å². The van der Waals surface area contributed by atoms with Crippen molar-refractivity contribution in [1.29, 1.82) is 0 Å². The molecule has 0 saturated carbocycles. The molecule has 9 heteroatoms. The van der Waals surface area contributed by atoms with Gasteiger partial charge in [-0.1, -0.05) is 24.3 Å². The number of tetrazole rings is 1. The minimum Gasteiger partial charge on any atom is -0.497 e. The Balaban J connectivity index is 1.58. The molecule has 9 nitrogen and oxygen atoms in total. The highest BCUT2D eigenvalue weighted by molar-refractivity contribution is 5.93. The lowest BCUT2D eigenvalue weighted by atomic mass is 10.1. The van der Waals surface area contributed by atoms with Crippen molar-refractivity contribution >= 4 is 11.8 Å². The summed E-state index contributed by atoms with van der Waals surface area (Å²) >= 11 is 0. The van der Waals surface area contributed by atoms with E-state index in [4.69, 9.17) is 10.5 Å². The molecule has 0 bridgehead atoms. The van der Waals surface area contributed by atoms with E-state index < -0.39 is 5.91 Å². The molecule has 0 aliphatic heterocycles. The maximum Gasteiger partial charge on any atom is 0.248 e. The Morgan fingerprint density at radius 1 is 1.19 bits per heavy atom. The van der Waals surface area contributed by atoms with Gasteiger partial charge in [0.05, 0.1) is 7.11 Å². The molecule has 0 radical (unpaired) electrons. The Morgan fingerprint density at radius 2 is 1.96 bits per heavy atom. The van der Waals surface area contributed by atoms with E-state index in [1.54, 1.807) is 31.4 Å². The number of rotatable bonds is 7. The molecule has 0 unspecified atom stereocenters. The van der Waals surface area contributed by atoms with Crippen LogP contribution in [0.25, 0.3) is 11.4 Å². The maximum atomic E-state index is 12.1. The first-order valence-electron chi connectivity index (χ1n) is 8.13. The predicted molar refractivity (Wildman–Crippen MR) is 96.6 cm³/mol. The zero-order chi connectivity index (χ0) is 19.2. The highest BCUT2D eigenvalue weighted by atomic mass is 16.5. The number of nitrogens with one attached hydrogen (secondary N) is 1. The molecule has 0 fully saturated rings. The van der Waals surface area contributed by atoms with Crippen molar-refractivity contribution in [2.75, 3.05) is 7.11 Å².